The number of hydrogen-bond acceptors (Lipinski definition) is 2. The Morgan fingerprint density at radius 2 is 2.67 bits per heavy atom. The van der Waals surface area contributed by atoms with Gasteiger partial charge in [-0.1, -0.05) is 0 Å². The van der Waals surface area contributed by atoms with Crippen molar-refractivity contribution in [2.24, 2.45) is 4.99 Å². The van der Waals surface area contributed by atoms with Gasteiger partial charge in [-0.15, -0.1) is 0 Å². The van der Waals surface area contributed by atoms with E-state index in [4.69, 9.17) is 0 Å². The largest absolute Gasteiger partial charge is 2.00 e. The van der Waals surface area contributed by atoms with Crippen LogP contribution in [0.5, 0.6) is 0 Å². The molecule has 6 heavy (non-hydrogen) atoms. The van der Waals surface area contributed by atoms with E-state index in [0.29, 0.717) is 0 Å². The molecule has 2 nitrogen and oxygen atoms in total. The van der Waals surface area contributed by atoms with Crippen LogP contribution in [0.15, 0.2) is 4.99 Å². The van der Waals surface area contributed by atoms with E-state index in [0.717, 1.165) is 13.1 Å². The van der Waals surface area contributed by atoms with E-state index < -0.39 is 0 Å². The zero-order valence-corrected chi connectivity index (χ0v) is 5.85. The van der Waals surface area contributed by atoms with Crippen molar-refractivity contribution in [2.45, 2.75) is 0 Å². The van der Waals surface area contributed by atoms with Crippen LogP contribution < -0.4 is 5.32 Å². The molecule has 32 valence electrons. The molecule has 1 aliphatic heterocycles. The molecular formula is C3H8CaN2. The first-order valence-electron chi connectivity index (χ1n) is 1.72. The second-order valence-electron chi connectivity index (χ2n) is 0.989. The standard InChI is InChI=1S/C3H6N2.Ca.2H/c1-2-5-3-4-1;;;/h3H,1-2H2,(H,4,5);;;/q;+2;2*-1. The molecule has 3 heteroatoms. The van der Waals surface area contributed by atoms with E-state index >= 15 is 0 Å². The summed E-state index contributed by atoms with van der Waals surface area (Å²) < 4.78 is 0. The van der Waals surface area contributed by atoms with Crippen molar-refractivity contribution in [2.75, 3.05) is 13.1 Å². The van der Waals surface area contributed by atoms with Gasteiger partial charge in [-0.05, 0) is 0 Å². The molecule has 1 rings (SSSR count). The number of aliphatic imine (C=N–C) groups is 1. The van der Waals surface area contributed by atoms with E-state index in [1.165, 1.54) is 0 Å². The van der Waals surface area contributed by atoms with Gasteiger partial charge in [-0.2, -0.15) is 0 Å². The molecular weight excluding hydrogens is 104 g/mol. The number of hydrogen-bond donors (Lipinski definition) is 1. The van der Waals surface area contributed by atoms with Crippen LogP contribution in [-0.2, 0) is 0 Å². The summed E-state index contributed by atoms with van der Waals surface area (Å²) in [4.78, 5) is 3.85. The van der Waals surface area contributed by atoms with E-state index in [1.54, 1.807) is 6.34 Å². The van der Waals surface area contributed by atoms with Crippen LogP contribution in [0.25, 0.3) is 0 Å². The number of rotatable bonds is 0. The fraction of sp³-hybridized carbons (Fsp3) is 0.667. The maximum Gasteiger partial charge on any atom is 2.00 e. The predicted molar refractivity (Wildman–Crippen MR) is 29.3 cm³/mol. The third-order valence-electron chi connectivity index (χ3n) is 0.568. The van der Waals surface area contributed by atoms with Crippen molar-refractivity contribution >= 4 is 44.1 Å². The summed E-state index contributed by atoms with van der Waals surface area (Å²) in [5.41, 5.74) is 0. The Balaban J connectivity index is -0.0000000833. The molecule has 0 fully saturated rings. The molecule has 0 atom stereocenters. The summed E-state index contributed by atoms with van der Waals surface area (Å²) in [6.45, 7) is 1.99. The monoisotopic (exact) mass is 112 g/mol. The zero-order valence-electron chi connectivity index (χ0n) is 5.65. The minimum atomic E-state index is 0. The summed E-state index contributed by atoms with van der Waals surface area (Å²) in [5, 5.41) is 2.93. The summed E-state index contributed by atoms with van der Waals surface area (Å²) >= 11 is 0. The Kier molecular flexibility index (Phi) is 4.38. The van der Waals surface area contributed by atoms with Crippen LogP contribution in [0.4, 0.5) is 0 Å². The van der Waals surface area contributed by atoms with Crippen molar-refractivity contribution in [1.82, 2.24) is 5.32 Å². The quantitative estimate of drug-likeness (QED) is 0.418. The van der Waals surface area contributed by atoms with Crippen LogP contribution in [-0.4, -0.2) is 57.2 Å². The van der Waals surface area contributed by atoms with Crippen LogP contribution in [0.2, 0.25) is 0 Å². The molecule has 0 amide bonds. The van der Waals surface area contributed by atoms with Crippen LogP contribution in [0.3, 0.4) is 0 Å². The molecule has 0 unspecified atom stereocenters. The molecule has 0 aromatic heterocycles. The molecule has 1 aliphatic rings. The molecule has 1 heterocycles. The molecule has 0 saturated carbocycles. The number of nitrogens with one attached hydrogen (secondary N) is 1. The van der Waals surface area contributed by atoms with Crippen LogP contribution in [0, 0.1) is 0 Å². The average molecular weight is 112 g/mol. The maximum atomic E-state index is 3.85. The summed E-state index contributed by atoms with van der Waals surface area (Å²) in [5.74, 6) is 0. The minimum Gasteiger partial charge on any atom is -1.00 e. The van der Waals surface area contributed by atoms with Gasteiger partial charge in [0.1, 0.15) is 0 Å². The third kappa shape index (κ3) is 2.00. The Morgan fingerprint density at radius 1 is 1.83 bits per heavy atom. The fourth-order valence-corrected chi connectivity index (χ4v) is 0.323. The minimum absolute atomic E-state index is 0. The molecule has 0 radical (unpaired) electrons. The van der Waals surface area contributed by atoms with Crippen molar-refractivity contribution < 1.29 is 2.85 Å². The van der Waals surface area contributed by atoms with E-state index in [2.05, 4.69) is 10.3 Å². The Labute approximate surface area is 70.0 Å². The summed E-state index contributed by atoms with van der Waals surface area (Å²) in [7, 11) is 0. The van der Waals surface area contributed by atoms with Gasteiger partial charge < -0.3 is 8.17 Å². The van der Waals surface area contributed by atoms with Gasteiger partial charge in [0.05, 0.1) is 12.9 Å². The topological polar surface area (TPSA) is 24.4 Å². The van der Waals surface area contributed by atoms with Crippen molar-refractivity contribution in [3.05, 3.63) is 0 Å². The Bertz CT molecular complexity index is 53.2. The van der Waals surface area contributed by atoms with Crippen LogP contribution >= 0.6 is 0 Å². The molecule has 0 bridgehead atoms. The maximum absolute atomic E-state index is 3.85. The zero-order chi connectivity index (χ0) is 3.54. The van der Waals surface area contributed by atoms with Crippen LogP contribution in [0.1, 0.15) is 2.85 Å². The smallest absolute Gasteiger partial charge is 1.00 e. The molecule has 0 aliphatic carbocycles. The Morgan fingerprint density at radius 3 is 2.83 bits per heavy atom. The fourth-order valence-electron chi connectivity index (χ4n) is 0.323. The molecule has 0 spiro atoms. The Hall–Kier alpha value is 0.730. The van der Waals surface area contributed by atoms with Gasteiger partial charge in [0.25, 0.3) is 0 Å². The van der Waals surface area contributed by atoms with Gasteiger partial charge in [0.15, 0.2) is 0 Å². The van der Waals surface area contributed by atoms with Crippen molar-refractivity contribution in [1.29, 1.82) is 0 Å². The normalized spacial score (nSPS) is 16.0. The second kappa shape index (κ2) is 3.90. The third-order valence-corrected chi connectivity index (χ3v) is 0.568. The number of nitrogens with zero attached hydrogens (tertiary/aromatic N) is 1. The van der Waals surface area contributed by atoms with E-state index in [1.807, 2.05) is 0 Å². The van der Waals surface area contributed by atoms with Gasteiger partial charge in [0.2, 0.25) is 0 Å². The predicted octanol–water partition coefficient (Wildman–Crippen LogP) is -0.538. The molecule has 0 aromatic rings. The summed E-state index contributed by atoms with van der Waals surface area (Å²) in [6, 6.07) is 0. The van der Waals surface area contributed by atoms with E-state index in [-0.39, 0.29) is 40.6 Å². The first-order chi connectivity index (χ1) is 2.50. The first kappa shape index (κ1) is 6.73. The average Bonchev–Trinajstić information content (AvgIpc) is 1.76. The SMILES string of the molecule is C1=NCCN1.[Ca+2].[H-].[H-]. The van der Waals surface area contributed by atoms with Crippen molar-refractivity contribution in [3.8, 4) is 0 Å². The second-order valence-corrected chi connectivity index (χ2v) is 0.989. The van der Waals surface area contributed by atoms with Gasteiger partial charge in [-0.3, -0.25) is 4.99 Å². The summed E-state index contributed by atoms with van der Waals surface area (Å²) in [6.07, 6.45) is 1.74. The molecule has 0 saturated heterocycles. The van der Waals surface area contributed by atoms with Gasteiger partial charge in [0, 0.05) is 6.54 Å². The van der Waals surface area contributed by atoms with Crippen molar-refractivity contribution in [3.63, 3.8) is 0 Å². The van der Waals surface area contributed by atoms with Gasteiger partial charge in [-0.25, -0.2) is 0 Å². The van der Waals surface area contributed by atoms with Gasteiger partial charge >= 0.3 is 37.7 Å². The first-order valence-corrected chi connectivity index (χ1v) is 1.72. The molecule has 1 N–H and O–H groups in total. The van der Waals surface area contributed by atoms with E-state index in [9.17, 15) is 0 Å². The molecule has 0 aromatic carbocycles.